The molecule has 0 saturated carbocycles. The van der Waals surface area contributed by atoms with Crippen molar-refractivity contribution in [2.75, 3.05) is 40.9 Å². The summed E-state index contributed by atoms with van der Waals surface area (Å²) in [6, 6.07) is 0. The molecule has 0 aliphatic carbocycles. The molecule has 0 radical (unpaired) electrons. The van der Waals surface area contributed by atoms with Gasteiger partial charge in [-0.1, -0.05) is 0 Å². The van der Waals surface area contributed by atoms with E-state index in [2.05, 4.69) is 9.47 Å². The van der Waals surface area contributed by atoms with E-state index in [1.165, 1.54) is 19.1 Å². The number of esters is 2. The Bertz CT molecular complexity index is 404. The van der Waals surface area contributed by atoms with Crippen molar-refractivity contribution in [3.63, 3.8) is 0 Å². The van der Waals surface area contributed by atoms with Gasteiger partial charge in [-0.25, -0.2) is 0 Å². The van der Waals surface area contributed by atoms with Crippen molar-refractivity contribution in [1.29, 1.82) is 0 Å². The molecule has 0 aromatic heterocycles. The van der Waals surface area contributed by atoms with Gasteiger partial charge in [-0.3, -0.25) is 19.2 Å². The first kappa shape index (κ1) is 15.9. The zero-order valence-electron chi connectivity index (χ0n) is 11.7. The highest BCUT2D eigenvalue weighted by molar-refractivity contribution is 5.92. The van der Waals surface area contributed by atoms with Crippen molar-refractivity contribution in [1.82, 2.24) is 9.80 Å². The largest absolute Gasteiger partial charge is 0.468 e. The van der Waals surface area contributed by atoms with Crippen LogP contribution in [0.1, 0.15) is 6.42 Å². The quantitative estimate of drug-likeness (QED) is 0.579. The van der Waals surface area contributed by atoms with E-state index in [-0.39, 0.29) is 32.0 Å². The third kappa shape index (κ3) is 3.94. The van der Waals surface area contributed by atoms with Gasteiger partial charge in [-0.15, -0.1) is 0 Å². The zero-order chi connectivity index (χ0) is 15.3. The lowest BCUT2D eigenvalue weighted by molar-refractivity contribution is -0.153. The van der Waals surface area contributed by atoms with Gasteiger partial charge >= 0.3 is 11.9 Å². The Labute approximate surface area is 116 Å². The molecule has 1 rings (SSSR count). The van der Waals surface area contributed by atoms with Crippen LogP contribution in [0, 0.1) is 5.92 Å². The van der Waals surface area contributed by atoms with Gasteiger partial charge in [0.15, 0.2) is 0 Å². The first-order chi connectivity index (χ1) is 9.38. The molecule has 0 aromatic carbocycles. The summed E-state index contributed by atoms with van der Waals surface area (Å²) in [5.41, 5.74) is 0. The molecule has 1 saturated heterocycles. The van der Waals surface area contributed by atoms with E-state index in [1.54, 1.807) is 7.05 Å². The van der Waals surface area contributed by atoms with E-state index < -0.39 is 23.8 Å². The zero-order valence-corrected chi connectivity index (χ0v) is 11.7. The SMILES string of the molecule is COC(=O)CN(CC(=O)OC)C(=O)C1CC(=O)N(C)C1. The van der Waals surface area contributed by atoms with Crippen LogP contribution >= 0.6 is 0 Å². The topological polar surface area (TPSA) is 93.2 Å². The summed E-state index contributed by atoms with van der Waals surface area (Å²) in [4.78, 5) is 48.8. The monoisotopic (exact) mass is 286 g/mol. The molecule has 8 nitrogen and oxygen atoms in total. The first-order valence-corrected chi connectivity index (χ1v) is 6.05. The molecule has 0 spiro atoms. The van der Waals surface area contributed by atoms with Crippen LogP contribution in [0.25, 0.3) is 0 Å². The van der Waals surface area contributed by atoms with Gasteiger partial charge in [0.25, 0.3) is 0 Å². The number of ether oxygens (including phenoxy) is 2. The van der Waals surface area contributed by atoms with Crippen molar-refractivity contribution in [2.45, 2.75) is 6.42 Å². The number of nitrogens with zero attached hydrogens (tertiary/aromatic N) is 2. The normalized spacial score (nSPS) is 17.9. The van der Waals surface area contributed by atoms with E-state index in [1.807, 2.05) is 0 Å². The number of amides is 2. The minimum Gasteiger partial charge on any atom is -0.468 e. The van der Waals surface area contributed by atoms with Crippen LogP contribution in [0.2, 0.25) is 0 Å². The Balaban J connectivity index is 2.75. The van der Waals surface area contributed by atoms with Crippen molar-refractivity contribution in [3.05, 3.63) is 0 Å². The summed E-state index contributed by atoms with van der Waals surface area (Å²) >= 11 is 0. The number of carbonyl (C=O) groups is 4. The van der Waals surface area contributed by atoms with Crippen molar-refractivity contribution < 1.29 is 28.7 Å². The number of hydrogen-bond acceptors (Lipinski definition) is 6. The third-order valence-corrected chi connectivity index (χ3v) is 3.10. The summed E-state index contributed by atoms with van der Waals surface area (Å²) in [7, 11) is 3.98. The molecule has 0 N–H and O–H groups in total. The van der Waals surface area contributed by atoms with Crippen LogP contribution in [0.15, 0.2) is 0 Å². The smallest absolute Gasteiger partial charge is 0.325 e. The predicted molar refractivity (Wildman–Crippen MR) is 66.4 cm³/mol. The molecule has 1 fully saturated rings. The fourth-order valence-electron chi connectivity index (χ4n) is 1.94. The fourth-order valence-corrected chi connectivity index (χ4v) is 1.94. The van der Waals surface area contributed by atoms with Crippen molar-refractivity contribution >= 4 is 23.8 Å². The Morgan fingerprint density at radius 2 is 1.70 bits per heavy atom. The molecule has 112 valence electrons. The molecule has 20 heavy (non-hydrogen) atoms. The molecule has 1 aliphatic rings. The minimum atomic E-state index is -0.639. The van der Waals surface area contributed by atoms with Gasteiger partial charge in [-0.2, -0.15) is 0 Å². The van der Waals surface area contributed by atoms with E-state index >= 15 is 0 Å². The Kier molecular flexibility index (Phi) is 5.48. The molecule has 1 unspecified atom stereocenters. The van der Waals surface area contributed by atoms with Gasteiger partial charge in [0.1, 0.15) is 13.1 Å². The molecule has 8 heteroatoms. The van der Waals surface area contributed by atoms with Gasteiger partial charge in [0, 0.05) is 20.0 Å². The number of methoxy groups -OCH3 is 2. The van der Waals surface area contributed by atoms with Crippen molar-refractivity contribution in [3.8, 4) is 0 Å². The summed E-state index contributed by atoms with van der Waals surface area (Å²) in [5.74, 6) is -2.40. The maximum absolute atomic E-state index is 12.3. The highest BCUT2D eigenvalue weighted by Gasteiger charge is 2.36. The van der Waals surface area contributed by atoms with Gasteiger partial charge in [0.2, 0.25) is 11.8 Å². The standard InChI is InChI=1S/C12H18N2O6/c1-13-5-8(4-9(13)15)12(18)14(6-10(16)19-2)7-11(17)20-3/h8H,4-7H2,1-3H3. The highest BCUT2D eigenvalue weighted by atomic mass is 16.5. The van der Waals surface area contributed by atoms with Gasteiger partial charge in [0.05, 0.1) is 20.1 Å². The number of rotatable bonds is 5. The Hall–Kier alpha value is -2.12. The van der Waals surface area contributed by atoms with Gasteiger partial charge in [-0.05, 0) is 0 Å². The molecule has 0 bridgehead atoms. The third-order valence-electron chi connectivity index (χ3n) is 3.10. The summed E-state index contributed by atoms with van der Waals surface area (Å²) in [6.07, 6.45) is 0.0776. The van der Waals surface area contributed by atoms with E-state index in [9.17, 15) is 19.2 Å². The van der Waals surface area contributed by atoms with E-state index in [0.717, 1.165) is 4.90 Å². The lowest BCUT2D eigenvalue weighted by Crippen LogP contribution is -2.43. The molecular formula is C12H18N2O6. The molecule has 1 atom stereocenters. The molecular weight excluding hydrogens is 268 g/mol. The van der Waals surface area contributed by atoms with E-state index in [0.29, 0.717) is 0 Å². The van der Waals surface area contributed by atoms with Crippen LogP contribution in [0.3, 0.4) is 0 Å². The van der Waals surface area contributed by atoms with E-state index in [4.69, 9.17) is 0 Å². The number of carbonyl (C=O) groups excluding carboxylic acids is 4. The molecule has 2 amide bonds. The molecule has 1 heterocycles. The second-order valence-corrected chi connectivity index (χ2v) is 4.52. The van der Waals surface area contributed by atoms with Crippen LogP contribution < -0.4 is 0 Å². The number of hydrogen-bond donors (Lipinski definition) is 0. The lowest BCUT2D eigenvalue weighted by Gasteiger charge is -2.23. The van der Waals surface area contributed by atoms with Crippen molar-refractivity contribution in [2.24, 2.45) is 5.92 Å². The number of likely N-dealkylation sites (tertiary alicyclic amines) is 1. The average Bonchev–Trinajstić information content (AvgIpc) is 2.76. The van der Waals surface area contributed by atoms with Gasteiger partial charge < -0.3 is 19.3 Å². The minimum absolute atomic E-state index is 0.0776. The second kappa shape index (κ2) is 6.88. The lowest BCUT2D eigenvalue weighted by atomic mass is 10.1. The molecule has 0 aromatic rings. The first-order valence-electron chi connectivity index (χ1n) is 6.05. The van der Waals surface area contributed by atoms with Crippen LogP contribution in [-0.4, -0.2) is 74.5 Å². The maximum atomic E-state index is 12.3. The van der Waals surface area contributed by atoms with Crippen LogP contribution in [0.4, 0.5) is 0 Å². The fraction of sp³-hybridized carbons (Fsp3) is 0.667. The predicted octanol–water partition coefficient (Wildman–Crippen LogP) is -1.36. The summed E-state index contributed by atoms with van der Waals surface area (Å²) in [6.45, 7) is -0.422. The Morgan fingerprint density at radius 1 is 1.20 bits per heavy atom. The highest BCUT2D eigenvalue weighted by Crippen LogP contribution is 2.18. The maximum Gasteiger partial charge on any atom is 0.325 e. The Morgan fingerprint density at radius 3 is 2.05 bits per heavy atom. The molecule has 1 aliphatic heterocycles. The van der Waals surface area contributed by atoms with Crippen LogP contribution in [0.5, 0.6) is 0 Å². The summed E-state index contributed by atoms with van der Waals surface area (Å²) in [5, 5.41) is 0. The summed E-state index contributed by atoms with van der Waals surface area (Å²) < 4.78 is 8.98. The van der Waals surface area contributed by atoms with Crippen LogP contribution in [-0.2, 0) is 28.7 Å². The second-order valence-electron chi connectivity index (χ2n) is 4.52. The average molecular weight is 286 g/mol.